The van der Waals surface area contributed by atoms with Gasteiger partial charge >= 0.3 is 0 Å². The van der Waals surface area contributed by atoms with E-state index in [4.69, 9.17) is 4.74 Å². The van der Waals surface area contributed by atoms with Crippen LogP contribution in [0, 0.1) is 13.8 Å². The minimum absolute atomic E-state index is 0.169. The van der Waals surface area contributed by atoms with Crippen molar-refractivity contribution in [1.29, 1.82) is 0 Å². The summed E-state index contributed by atoms with van der Waals surface area (Å²) in [6, 6.07) is 9.64. The molecule has 28 heavy (non-hydrogen) atoms. The molecule has 0 aliphatic rings. The van der Waals surface area contributed by atoms with Crippen molar-refractivity contribution in [2.24, 2.45) is 0 Å². The van der Waals surface area contributed by atoms with Crippen molar-refractivity contribution in [3.8, 4) is 16.3 Å². The summed E-state index contributed by atoms with van der Waals surface area (Å²) in [5, 5.41) is 8.31. The van der Waals surface area contributed by atoms with Crippen LogP contribution in [0.1, 0.15) is 48.8 Å². The summed E-state index contributed by atoms with van der Waals surface area (Å²) in [6.45, 7) is 12.5. The van der Waals surface area contributed by atoms with Crippen molar-refractivity contribution >= 4 is 23.1 Å². The second kappa shape index (κ2) is 7.75. The third kappa shape index (κ3) is 4.25. The van der Waals surface area contributed by atoms with Crippen molar-refractivity contribution < 1.29 is 9.53 Å². The molecule has 0 unspecified atom stereocenters. The lowest BCUT2D eigenvalue weighted by Crippen LogP contribution is -2.26. The summed E-state index contributed by atoms with van der Waals surface area (Å²) in [6.07, 6.45) is 0. The van der Waals surface area contributed by atoms with E-state index >= 15 is 0 Å². The number of benzene rings is 1. The Bertz CT molecular complexity index is 981. The first-order chi connectivity index (χ1) is 13.2. The first-order valence-corrected chi connectivity index (χ1v) is 10.1. The molecule has 0 bridgehead atoms. The van der Waals surface area contributed by atoms with E-state index in [1.165, 1.54) is 11.3 Å². The fraction of sp³-hybridized carbons (Fsp3) is 0.381. The molecule has 2 heterocycles. The Morgan fingerprint density at radius 2 is 1.89 bits per heavy atom. The number of rotatable bonds is 5. The van der Waals surface area contributed by atoms with Crippen LogP contribution in [-0.4, -0.2) is 27.3 Å². The van der Waals surface area contributed by atoms with Gasteiger partial charge in [0.1, 0.15) is 21.5 Å². The molecule has 6 nitrogen and oxygen atoms in total. The number of anilines is 1. The van der Waals surface area contributed by atoms with Crippen LogP contribution in [0.4, 0.5) is 5.82 Å². The quantitative estimate of drug-likeness (QED) is 0.654. The van der Waals surface area contributed by atoms with E-state index in [1.54, 1.807) is 0 Å². The van der Waals surface area contributed by atoms with Gasteiger partial charge in [-0.05, 0) is 65.8 Å². The predicted octanol–water partition coefficient (Wildman–Crippen LogP) is 5.03. The van der Waals surface area contributed by atoms with Gasteiger partial charge in [0.25, 0.3) is 5.91 Å². The van der Waals surface area contributed by atoms with Crippen LogP contribution in [0.15, 0.2) is 30.3 Å². The molecule has 3 rings (SSSR count). The van der Waals surface area contributed by atoms with Crippen molar-refractivity contribution in [2.45, 2.75) is 47.1 Å². The zero-order valence-corrected chi connectivity index (χ0v) is 18.0. The van der Waals surface area contributed by atoms with Crippen LogP contribution in [-0.2, 0) is 5.54 Å². The standard InChI is InChI=1S/C21H26N4O2S/c1-7-27-16-10-8-15(9-11-16)20-22-14(3)18(28-20)19(26)23-17-12-13(2)24-25(17)21(4,5)6/h8-12H,7H2,1-6H3,(H,23,26). The number of hydrogen-bond acceptors (Lipinski definition) is 5. The zero-order valence-electron chi connectivity index (χ0n) is 17.2. The second-order valence-corrected chi connectivity index (χ2v) is 8.60. The number of thiazole rings is 1. The fourth-order valence-electron chi connectivity index (χ4n) is 2.86. The summed E-state index contributed by atoms with van der Waals surface area (Å²) in [7, 11) is 0. The maximum atomic E-state index is 12.9. The largest absolute Gasteiger partial charge is 0.494 e. The molecule has 0 saturated heterocycles. The molecule has 1 aromatic carbocycles. The van der Waals surface area contributed by atoms with Gasteiger partial charge in [0, 0.05) is 11.6 Å². The van der Waals surface area contributed by atoms with E-state index < -0.39 is 0 Å². The molecule has 0 fully saturated rings. The number of amides is 1. The summed E-state index contributed by atoms with van der Waals surface area (Å²) in [5.74, 6) is 1.34. The molecule has 0 spiro atoms. The molecule has 2 aromatic heterocycles. The van der Waals surface area contributed by atoms with Gasteiger partial charge in [-0.1, -0.05) is 0 Å². The van der Waals surface area contributed by atoms with Crippen LogP contribution in [0.5, 0.6) is 5.75 Å². The molecule has 3 aromatic rings. The molecule has 0 atom stereocenters. The van der Waals surface area contributed by atoms with Gasteiger partial charge < -0.3 is 10.1 Å². The topological polar surface area (TPSA) is 69.0 Å². The van der Waals surface area contributed by atoms with Crippen molar-refractivity contribution in [1.82, 2.24) is 14.8 Å². The van der Waals surface area contributed by atoms with Crippen LogP contribution >= 0.6 is 11.3 Å². The van der Waals surface area contributed by atoms with Gasteiger partial charge in [-0.2, -0.15) is 5.10 Å². The highest BCUT2D eigenvalue weighted by Crippen LogP contribution is 2.30. The minimum Gasteiger partial charge on any atom is -0.494 e. The van der Waals surface area contributed by atoms with Gasteiger partial charge in [-0.3, -0.25) is 4.79 Å². The number of ether oxygens (including phenoxy) is 1. The van der Waals surface area contributed by atoms with Crippen LogP contribution in [0.3, 0.4) is 0 Å². The van der Waals surface area contributed by atoms with E-state index in [1.807, 2.05) is 55.8 Å². The van der Waals surface area contributed by atoms with E-state index in [0.717, 1.165) is 22.0 Å². The highest BCUT2D eigenvalue weighted by Gasteiger charge is 2.22. The van der Waals surface area contributed by atoms with Gasteiger partial charge in [-0.25, -0.2) is 9.67 Å². The molecule has 0 radical (unpaired) electrons. The minimum atomic E-state index is -0.229. The fourth-order valence-corrected chi connectivity index (χ4v) is 3.83. The third-order valence-corrected chi connectivity index (χ3v) is 5.33. The number of aryl methyl sites for hydroxylation is 2. The third-order valence-electron chi connectivity index (χ3n) is 4.12. The van der Waals surface area contributed by atoms with E-state index in [9.17, 15) is 4.79 Å². The summed E-state index contributed by atoms with van der Waals surface area (Å²) >= 11 is 1.39. The van der Waals surface area contributed by atoms with Crippen molar-refractivity contribution in [2.75, 3.05) is 11.9 Å². The molecule has 148 valence electrons. The summed E-state index contributed by atoms with van der Waals surface area (Å²) in [4.78, 5) is 18.1. The van der Waals surface area contributed by atoms with Crippen molar-refractivity contribution in [3.63, 3.8) is 0 Å². The Kier molecular flexibility index (Phi) is 5.56. The van der Waals surface area contributed by atoms with Crippen molar-refractivity contribution in [3.05, 3.63) is 46.6 Å². The first-order valence-electron chi connectivity index (χ1n) is 9.28. The molecule has 0 saturated carbocycles. The summed E-state index contributed by atoms with van der Waals surface area (Å²) < 4.78 is 7.32. The van der Waals surface area contributed by atoms with Gasteiger partial charge in [-0.15, -0.1) is 11.3 Å². The van der Waals surface area contributed by atoms with Gasteiger partial charge in [0.15, 0.2) is 0 Å². The number of nitrogens with one attached hydrogen (secondary N) is 1. The number of carbonyl (C=O) groups excluding carboxylic acids is 1. The Balaban J connectivity index is 1.84. The van der Waals surface area contributed by atoms with E-state index in [-0.39, 0.29) is 11.4 Å². The Labute approximate surface area is 169 Å². The average Bonchev–Trinajstić information content (AvgIpc) is 3.18. The lowest BCUT2D eigenvalue weighted by atomic mass is 10.1. The highest BCUT2D eigenvalue weighted by atomic mass is 32.1. The van der Waals surface area contributed by atoms with E-state index in [0.29, 0.717) is 23.0 Å². The second-order valence-electron chi connectivity index (χ2n) is 7.60. The van der Waals surface area contributed by atoms with Gasteiger partial charge in [0.2, 0.25) is 0 Å². The SMILES string of the molecule is CCOc1ccc(-c2nc(C)c(C(=O)Nc3cc(C)nn3C(C)(C)C)s2)cc1. The van der Waals surface area contributed by atoms with E-state index in [2.05, 4.69) is 36.2 Å². The highest BCUT2D eigenvalue weighted by molar-refractivity contribution is 7.17. The zero-order chi connectivity index (χ0) is 20.5. The van der Waals surface area contributed by atoms with Crippen LogP contribution in [0.2, 0.25) is 0 Å². The Hall–Kier alpha value is -2.67. The number of aromatic nitrogens is 3. The lowest BCUT2D eigenvalue weighted by Gasteiger charge is -2.22. The molecular formula is C21H26N4O2S. The normalized spacial score (nSPS) is 11.5. The Morgan fingerprint density at radius 1 is 1.21 bits per heavy atom. The maximum absolute atomic E-state index is 12.9. The molecule has 7 heteroatoms. The van der Waals surface area contributed by atoms with Crippen LogP contribution < -0.4 is 10.1 Å². The average molecular weight is 399 g/mol. The Morgan fingerprint density at radius 3 is 2.50 bits per heavy atom. The molecule has 1 N–H and O–H groups in total. The first kappa shape index (κ1) is 20.1. The molecule has 0 aliphatic carbocycles. The number of nitrogens with zero attached hydrogens (tertiary/aromatic N) is 3. The smallest absolute Gasteiger partial charge is 0.268 e. The molecular weight excluding hydrogens is 372 g/mol. The number of hydrogen-bond donors (Lipinski definition) is 1. The predicted molar refractivity (Wildman–Crippen MR) is 113 cm³/mol. The van der Waals surface area contributed by atoms with Crippen LogP contribution in [0.25, 0.3) is 10.6 Å². The van der Waals surface area contributed by atoms with Gasteiger partial charge in [0.05, 0.1) is 23.5 Å². The summed E-state index contributed by atoms with van der Waals surface area (Å²) in [5.41, 5.74) is 2.31. The lowest BCUT2D eigenvalue weighted by molar-refractivity contribution is 0.102. The number of carbonyl (C=O) groups is 1. The monoisotopic (exact) mass is 398 g/mol. The maximum Gasteiger partial charge on any atom is 0.268 e. The molecule has 1 amide bonds. The molecule has 0 aliphatic heterocycles.